The SMILES string of the molecule is O=C(COc1ccccc1Cc1ccccc1)NCCCN1CCCC1=O. The van der Waals surface area contributed by atoms with Gasteiger partial charge in [-0.25, -0.2) is 0 Å². The smallest absolute Gasteiger partial charge is 0.257 e. The second kappa shape index (κ2) is 9.76. The van der Waals surface area contributed by atoms with E-state index in [1.54, 1.807) is 0 Å². The average molecular weight is 366 g/mol. The minimum absolute atomic E-state index is 0.00551. The van der Waals surface area contributed by atoms with Crippen LogP contribution in [-0.4, -0.2) is 43.0 Å². The molecule has 1 aliphatic heterocycles. The van der Waals surface area contributed by atoms with Gasteiger partial charge in [-0.3, -0.25) is 9.59 Å². The number of rotatable bonds is 9. The van der Waals surface area contributed by atoms with E-state index in [0.29, 0.717) is 19.5 Å². The Morgan fingerprint density at radius 2 is 1.85 bits per heavy atom. The molecule has 1 saturated heterocycles. The Bertz CT molecular complexity index is 761. The van der Waals surface area contributed by atoms with E-state index in [-0.39, 0.29) is 18.4 Å². The van der Waals surface area contributed by atoms with Crippen molar-refractivity contribution in [3.05, 3.63) is 65.7 Å². The van der Waals surface area contributed by atoms with Crippen LogP contribution in [0.4, 0.5) is 0 Å². The van der Waals surface area contributed by atoms with E-state index >= 15 is 0 Å². The molecule has 5 nitrogen and oxygen atoms in total. The number of carbonyl (C=O) groups excluding carboxylic acids is 2. The van der Waals surface area contributed by atoms with Crippen molar-refractivity contribution in [2.45, 2.75) is 25.7 Å². The highest BCUT2D eigenvalue weighted by Gasteiger charge is 2.19. The molecule has 1 aliphatic rings. The Morgan fingerprint density at radius 1 is 1.07 bits per heavy atom. The maximum absolute atomic E-state index is 12.0. The van der Waals surface area contributed by atoms with Gasteiger partial charge in [0.1, 0.15) is 5.75 Å². The van der Waals surface area contributed by atoms with Gasteiger partial charge in [0.05, 0.1) is 0 Å². The van der Waals surface area contributed by atoms with Crippen LogP contribution in [0.3, 0.4) is 0 Å². The molecule has 1 N–H and O–H groups in total. The maximum atomic E-state index is 12.0. The van der Waals surface area contributed by atoms with Crippen LogP contribution in [0.2, 0.25) is 0 Å². The van der Waals surface area contributed by atoms with Gasteiger partial charge in [-0.1, -0.05) is 48.5 Å². The van der Waals surface area contributed by atoms with Gasteiger partial charge in [0.25, 0.3) is 5.91 Å². The number of ether oxygens (including phenoxy) is 1. The van der Waals surface area contributed by atoms with E-state index < -0.39 is 0 Å². The van der Waals surface area contributed by atoms with Crippen molar-refractivity contribution >= 4 is 11.8 Å². The Morgan fingerprint density at radius 3 is 2.63 bits per heavy atom. The lowest BCUT2D eigenvalue weighted by Gasteiger charge is -2.15. The molecule has 0 aromatic heterocycles. The molecule has 0 atom stereocenters. The van der Waals surface area contributed by atoms with Crippen LogP contribution < -0.4 is 10.1 Å². The summed E-state index contributed by atoms with van der Waals surface area (Å²) in [5, 5.41) is 2.86. The van der Waals surface area contributed by atoms with Crippen LogP contribution in [0.25, 0.3) is 0 Å². The summed E-state index contributed by atoms with van der Waals surface area (Å²) in [6, 6.07) is 18.0. The number of hydrogen-bond acceptors (Lipinski definition) is 3. The highest BCUT2D eigenvalue weighted by molar-refractivity contribution is 5.78. The largest absolute Gasteiger partial charge is 0.483 e. The third-order valence-electron chi connectivity index (χ3n) is 4.67. The van der Waals surface area contributed by atoms with Gasteiger partial charge in [-0.15, -0.1) is 0 Å². The number of amides is 2. The lowest BCUT2D eigenvalue weighted by molar-refractivity contribution is -0.127. The molecule has 0 spiro atoms. The van der Waals surface area contributed by atoms with Crippen LogP contribution in [0.1, 0.15) is 30.4 Å². The molecule has 1 fully saturated rings. The van der Waals surface area contributed by atoms with E-state index in [1.807, 2.05) is 47.4 Å². The lowest BCUT2D eigenvalue weighted by atomic mass is 10.0. The van der Waals surface area contributed by atoms with Gasteiger partial charge in [0.15, 0.2) is 6.61 Å². The molecular weight excluding hydrogens is 340 g/mol. The normalized spacial score (nSPS) is 13.6. The third-order valence-corrected chi connectivity index (χ3v) is 4.67. The van der Waals surface area contributed by atoms with Crippen molar-refractivity contribution in [2.75, 3.05) is 26.2 Å². The van der Waals surface area contributed by atoms with Crippen LogP contribution >= 0.6 is 0 Å². The molecule has 142 valence electrons. The summed E-state index contributed by atoms with van der Waals surface area (Å²) in [6.07, 6.45) is 3.13. The quantitative estimate of drug-likeness (QED) is 0.694. The standard InChI is InChI=1S/C22H26N2O3/c25-21(23-13-7-15-24-14-6-12-22(24)26)17-27-20-11-5-4-10-19(20)16-18-8-2-1-3-9-18/h1-5,8-11H,6-7,12-17H2,(H,23,25). The highest BCUT2D eigenvalue weighted by atomic mass is 16.5. The van der Waals surface area contributed by atoms with Crippen molar-refractivity contribution in [2.24, 2.45) is 0 Å². The van der Waals surface area contributed by atoms with Crippen molar-refractivity contribution in [3.8, 4) is 5.75 Å². The first-order valence-electron chi connectivity index (χ1n) is 9.51. The predicted octanol–water partition coefficient (Wildman–Crippen LogP) is 2.78. The van der Waals surface area contributed by atoms with E-state index in [0.717, 1.165) is 37.1 Å². The summed E-state index contributed by atoms with van der Waals surface area (Å²) in [6.45, 7) is 2.10. The van der Waals surface area contributed by atoms with Gasteiger partial charge in [-0.2, -0.15) is 0 Å². The Labute approximate surface area is 160 Å². The molecule has 27 heavy (non-hydrogen) atoms. The molecule has 0 aliphatic carbocycles. The Hall–Kier alpha value is -2.82. The zero-order chi connectivity index (χ0) is 18.9. The van der Waals surface area contributed by atoms with Gasteiger partial charge in [0.2, 0.25) is 5.91 Å². The lowest BCUT2D eigenvalue weighted by Crippen LogP contribution is -2.33. The third kappa shape index (κ3) is 5.84. The molecule has 2 amide bonds. The van der Waals surface area contributed by atoms with Crippen LogP contribution in [-0.2, 0) is 16.0 Å². The summed E-state index contributed by atoms with van der Waals surface area (Å²) in [5.74, 6) is 0.816. The Balaban J connectivity index is 1.41. The number of benzene rings is 2. The fraction of sp³-hybridized carbons (Fsp3) is 0.364. The molecule has 3 rings (SSSR count). The molecular formula is C22H26N2O3. The molecule has 2 aromatic rings. The van der Waals surface area contributed by atoms with Crippen molar-refractivity contribution in [1.29, 1.82) is 0 Å². The number of carbonyl (C=O) groups is 2. The molecule has 1 heterocycles. The van der Waals surface area contributed by atoms with E-state index in [2.05, 4.69) is 17.4 Å². The minimum atomic E-state index is -0.141. The number of likely N-dealkylation sites (tertiary alicyclic amines) is 1. The van der Waals surface area contributed by atoms with Crippen LogP contribution in [0, 0.1) is 0 Å². The van der Waals surface area contributed by atoms with Crippen molar-refractivity contribution in [3.63, 3.8) is 0 Å². The molecule has 0 bridgehead atoms. The summed E-state index contributed by atoms with van der Waals surface area (Å²) in [7, 11) is 0. The first-order valence-corrected chi connectivity index (χ1v) is 9.51. The Kier molecular flexibility index (Phi) is 6.85. The topological polar surface area (TPSA) is 58.6 Å². The van der Waals surface area contributed by atoms with Crippen LogP contribution in [0.15, 0.2) is 54.6 Å². The van der Waals surface area contributed by atoms with E-state index in [1.165, 1.54) is 5.56 Å². The maximum Gasteiger partial charge on any atom is 0.257 e. The van der Waals surface area contributed by atoms with Gasteiger partial charge >= 0.3 is 0 Å². The van der Waals surface area contributed by atoms with Gasteiger partial charge in [-0.05, 0) is 30.0 Å². The van der Waals surface area contributed by atoms with Crippen LogP contribution in [0.5, 0.6) is 5.75 Å². The summed E-state index contributed by atoms with van der Waals surface area (Å²) in [5.41, 5.74) is 2.26. The second-order valence-corrected chi connectivity index (χ2v) is 6.75. The van der Waals surface area contributed by atoms with Gasteiger partial charge in [0, 0.05) is 32.5 Å². The average Bonchev–Trinajstić information content (AvgIpc) is 3.10. The highest BCUT2D eigenvalue weighted by Crippen LogP contribution is 2.21. The summed E-state index contributed by atoms with van der Waals surface area (Å²) >= 11 is 0. The molecule has 2 aromatic carbocycles. The first-order chi connectivity index (χ1) is 13.2. The second-order valence-electron chi connectivity index (χ2n) is 6.75. The molecule has 0 saturated carbocycles. The zero-order valence-electron chi connectivity index (χ0n) is 15.5. The van der Waals surface area contributed by atoms with Crippen molar-refractivity contribution in [1.82, 2.24) is 10.2 Å². The number of nitrogens with one attached hydrogen (secondary N) is 1. The molecule has 5 heteroatoms. The predicted molar refractivity (Wildman–Crippen MR) is 105 cm³/mol. The monoisotopic (exact) mass is 366 g/mol. The summed E-state index contributed by atoms with van der Waals surface area (Å²) < 4.78 is 5.74. The number of nitrogens with zero attached hydrogens (tertiary/aromatic N) is 1. The fourth-order valence-corrected chi connectivity index (χ4v) is 3.24. The zero-order valence-corrected chi connectivity index (χ0v) is 15.5. The number of para-hydroxylation sites is 1. The van der Waals surface area contributed by atoms with Gasteiger partial charge < -0.3 is 15.0 Å². The van der Waals surface area contributed by atoms with E-state index in [9.17, 15) is 9.59 Å². The van der Waals surface area contributed by atoms with E-state index in [4.69, 9.17) is 4.74 Å². The molecule has 0 unspecified atom stereocenters. The summed E-state index contributed by atoms with van der Waals surface area (Å²) in [4.78, 5) is 25.4. The fourth-order valence-electron chi connectivity index (χ4n) is 3.24. The number of hydrogen-bond donors (Lipinski definition) is 1. The minimum Gasteiger partial charge on any atom is -0.483 e. The first kappa shape index (κ1) is 19.0. The molecule has 0 radical (unpaired) electrons. The van der Waals surface area contributed by atoms with Crippen molar-refractivity contribution < 1.29 is 14.3 Å².